The normalized spacial score (nSPS) is 15.8. The number of hydrogen-bond donors (Lipinski definition) is 3. The van der Waals surface area contributed by atoms with E-state index in [1.165, 1.54) is 19.5 Å². The Hall–Kier alpha value is -5.61. The van der Waals surface area contributed by atoms with E-state index < -0.39 is 0 Å². The zero-order valence-electron chi connectivity index (χ0n) is 24.9. The number of pyridine rings is 1. The maximum absolute atomic E-state index is 13.8. The summed E-state index contributed by atoms with van der Waals surface area (Å²) in [6.07, 6.45) is 9.21. The summed E-state index contributed by atoms with van der Waals surface area (Å²) in [5, 5.41) is 23.2. The Morgan fingerprint density at radius 2 is 1.80 bits per heavy atom. The standard InChI is InChI=1S/C32H30ClN11O2/c1-46-31-36-17-22(18-37-31)26-8-5-9-27(41-26)44(32(45)38-15-20-6-3-2-4-7-20)24-12-10-23(11-13-24)40-30-35-16-21(14-34)28(42-30)29-25(33)19-39-43-29/h2-9,16-19,23-24H,10-13,15H2,1H3,(H,38,45)(H,39,43)(H,35,40,42). The van der Waals surface area contributed by atoms with E-state index in [-0.39, 0.29) is 29.7 Å². The van der Waals surface area contributed by atoms with E-state index in [0.29, 0.717) is 58.8 Å². The number of rotatable bonds is 9. The average molecular weight is 636 g/mol. The molecule has 1 fully saturated rings. The van der Waals surface area contributed by atoms with Crippen LogP contribution in [-0.2, 0) is 6.54 Å². The number of methoxy groups -OCH3 is 1. The van der Waals surface area contributed by atoms with Crippen molar-refractivity contribution >= 4 is 29.4 Å². The maximum atomic E-state index is 13.8. The Morgan fingerprint density at radius 3 is 2.50 bits per heavy atom. The number of halogens is 1. The number of urea groups is 1. The molecular formula is C32H30ClN11O2. The van der Waals surface area contributed by atoms with Crippen molar-refractivity contribution in [3.05, 3.63) is 89.5 Å². The third-order valence-electron chi connectivity index (χ3n) is 7.72. The van der Waals surface area contributed by atoms with Crippen molar-refractivity contribution < 1.29 is 9.53 Å². The molecule has 0 saturated heterocycles. The molecule has 232 valence electrons. The molecule has 0 bridgehead atoms. The van der Waals surface area contributed by atoms with E-state index in [4.69, 9.17) is 21.3 Å². The molecule has 0 radical (unpaired) electrons. The van der Waals surface area contributed by atoms with Crippen LogP contribution in [0.2, 0.25) is 5.02 Å². The lowest BCUT2D eigenvalue weighted by atomic mass is 9.90. The number of anilines is 2. The maximum Gasteiger partial charge on any atom is 0.323 e. The van der Waals surface area contributed by atoms with Gasteiger partial charge in [-0.05, 0) is 43.4 Å². The van der Waals surface area contributed by atoms with Crippen molar-refractivity contribution in [2.75, 3.05) is 17.3 Å². The molecule has 0 unspecified atom stereocenters. The van der Waals surface area contributed by atoms with Crippen molar-refractivity contribution in [1.29, 1.82) is 5.26 Å². The Balaban J connectivity index is 1.20. The minimum absolute atomic E-state index is 0.0525. The molecule has 4 aromatic heterocycles. The molecule has 3 N–H and O–H groups in total. The van der Waals surface area contributed by atoms with Gasteiger partial charge in [0, 0.05) is 42.8 Å². The summed E-state index contributed by atoms with van der Waals surface area (Å²) in [7, 11) is 1.51. The minimum atomic E-state index is -0.230. The largest absolute Gasteiger partial charge is 0.467 e. The molecule has 2 amide bonds. The van der Waals surface area contributed by atoms with Gasteiger partial charge < -0.3 is 15.4 Å². The van der Waals surface area contributed by atoms with E-state index in [0.717, 1.165) is 18.4 Å². The minimum Gasteiger partial charge on any atom is -0.467 e. The lowest BCUT2D eigenvalue weighted by molar-refractivity contribution is 0.240. The Kier molecular flexibility index (Phi) is 9.26. The highest BCUT2D eigenvalue weighted by molar-refractivity contribution is 6.32. The highest BCUT2D eigenvalue weighted by atomic mass is 35.5. The van der Waals surface area contributed by atoms with Crippen LogP contribution in [0.4, 0.5) is 16.6 Å². The molecule has 0 aliphatic heterocycles. The van der Waals surface area contributed by atoms with Gasteiger partial charge >= 0.3 is 12.0 Å². The molecular weight excluding hydrogens is 606 g/mol. The molecule has 1 aliphatic carbocycles. The number of aromatic amines is 1. The zero-order chi connectivity index (χ0) is 31.9. The topological polar surface area (TPSA) is 171 Å². The Bertz CT molecular complexity index is 1840. The van der Waals surface area contributed by atoms with Crippen LogP contribution >= 0.6 is 11.6 Å². The zero-order valence-corrected chi connectivity index (χ0v) is 25.6. The molecule has 1 saturated carbocycles. The summed E-state index contributed by atoms with van der Waals surface area (Å²) in [5.41, 5.74) is 3.37. The SMILES string of the molecule is COc1ncc(-c2cccc(N(C(=O)NCc3ccccc3)C3CCC(Nc4ncc(C#N)c(-c5n[nH]cc5Cl)n4)CC3)n2)cn1. The summed E-state index contributed by atoms with van der Waals surface area (Å²) in [6.45, 7) is 0.386. The molecule has 46 heavy (non-hydrogen) atoms. The molecule has 5 aromatic rings. The summed E-state index contributed by atoms with van der Waals surface area (Å²) >= 11 is 6.25. The number of carbonyl (C=O) groups is 1. The lowest BCUT2D eigenvalue weighted by Crippen LogP contribution is -2.49. The van der Waals surface area contributed by atoms with Gasteiger partial charge in [0.2, 0.25) is 5.95 Å². The Labute approximate surface area is 270 Å². The van der Waals surface area contributed by atoms with E-state index in [1.54, 1.807) is 17.3 Å². The average Bonchev–Trinajstić information content (AvgIpc) is 3.54. The van der Waals surface area contributed by atoms with Crippen LogP contribution in [0.5, 0.6) is 6.01 Å². The number of hydrogen-bond acceptors (Lipinski definition) is 10. The highest BCUT2D eigenvalue weighted by Crippen LogP contribution is 2.31. The first kappa shape index (κ1) is 30.4. The van der Waals surface area contributed by atoms with Gasteiger partial charge in [0.1, 0.15) is 23.3 Å². The number of amides is 2. The third-order valence-corrected chi connectivity index (χ3v) is 8.00. The number of ether oxygens (including phenoxy) is 1. The molecule has 13 nitrogen and oxygen atoms in total. The second kappa shape index (κ2) is 14.0. The van der Waals surface area contributed by atoms with E-state index in [2.05, 4.69) is 46.8 Å². The monoisotopic (exact) mass is 635 g/mol. The van der Waals surface area contributed by atoms with Crippen LogP contribution in [0.15, 0.2) is 73.3 Å². The van der Waals surface area contributed by atoms with E-state index in [1.807, 2.05) is 48.5 Å². The molecule has 14 heteroatoms. The van der Waals surface area contributed by atoms with Gasteiger partial charge in [0.15, 0.2) is 0 Å². The van der Waals surface area contributed by atoms with Crippen molar-refractivity contribution in [3.63, 3.8) is 0 Å². The number of aromatic nitrogens is 7. The summed E-state index contributed by atoms with van der Waals surface area (Å²) in [5.74, 6) is 0.913. The van der Waals surface area contributed by atoms with Crippen LogP contribution < -0.4 is 20.3 Å². The third kappa shape index (κ3) is 6.87. The van der Waals surface area contributed by atoms with Crippen molar-refractivity contribution in [3.8, 4) is 34.7 Å². The number of carbonyl (C=O) groups excluding carboxylic acids is 1. The van der Waals surface area contributed by atoms with E-state index >= 15 is 0 Å². The molecule has 6 rings (SSSR count). The van der Waals surface area contributed by atoms with E-state index in [9.17, 15) is 10.1 Å². The van der Waals surface area contributed by atoms with Gasteiger partial charge in [0.05, 0.1) is 29.6 Å². The Morgan fingerprint density at radius 1 is 1.02 bits per heavy atom. The quantitative estimate of drug-likeness (QED) is 0.191. The summed E-state index contributed by atoms with van der Waals surface area (Å²) in [6, 6.07) is 17.4. The number of nitrogens with one attached hydrogen (secondary N) is 3. The van der Waals surface area contributed by atoms with Gasteiger partial charge in [-0.15, -0.1) is 0 Å². The fourth-order valence-electron chi connectivity index (χ4n) is 5.40. The van der Waals surface area contributed by atoms with Gasteiger partial charge in [-0.3, -0.25) is 10.00 Å². The van der Waals surface area contributed by atoms with Crippen molar-refractivity contribution in [2.45, 2.75) is 44.3 Å². The first-order valence-corrected chi connectivity index (χ1v) is 15.1. The number of H-pyrrole nitrogens is 1. The number of nitrogens with zero attached hydrogens (tertiary/aromatic N) is 8. The summed E-state index contributed by atoms with van der Waals surface area (Å²) < 4.78 is 5.09. The van der Waals surface area contributed by atoms with Crippen molar-refractivity contribution in [2.24, 2.45) is 0 Å². The fraction of sp³-hybridized carbons (Fsp3) is 0.250. The summed E-state index contributed by atoms with van der Waals surface area (Å²) in [4.78, 5) is 37.7. The molecule has 1 aromatic carbocycles. The molecule has 0 atom stereocenters. The molecule has 1 aliphatic rings. The first-order valence-electron chi connectivity index (χ1n) is 14.7. The molecule has 4 heterocycles. The second-order valence-corrected chi connectivity index (χ2v) is 11.1. The smallest absolute Gasteiger partial charge is 0.323 e. The lowest BCUT2D eigenvalue weighted by Gasteiger charge is -2.36. The van der Waals surface area contributed by atoms with Gasteiger partial charge in [-0.1, -0.05) is 48.0 Å². The predicted molar refractivity (Wildman–Crippen MR) is 172 cm³/mol. The van der Waals surface area contributed by atoms with Crippen molar-refractivity contribution in [1.82, 2.24) is 40.4 Å². The van der Waals surface area contributed by atoms with Gasteiger partial charge in [0.25, 0.3) is 0 Å². The predicted octanol–water partition coefficient (Wildman–Crippen LogP) is 5.39. The van der Waals surface area contributed by atoms with Gasteiger partial charge in [-0.2, -0.15) is 10.4 Å². The van der Waals surface area contributed by atoms with Crippen LogP contribution in [0.3, 0.4) is 0 Å². The molecule has 0 spiro atoms. The fourth-order valence-corrected chi connectivity index (χ4v) is 5.58. The number of benzene rings is 1. The first-order chi connectivity index (χ1) is 22.5. The van der Waals surface area contributed by atoms with Crippen LogP contribution in [0.1, 0.15) is 36.8 Å². The van der Waals surface area contributed by atoms with Gasteiger partial charge in [-0.25, -0.2) is 29.7 Å². The van der Waals surface area contributed by atoms with Crippen LogP contribution in [0.25, 0.3) is 22.6 Å². The van der Waals surface area contributed by atoms with Crippen LogP contribution in [0, 0.1) is 11.3 Å². The second-order valence-electron chi connectivity index (χ2n) is 10.7. The van der Waals surface area contributed by atoms with Crippen LogP contribution in [-0.4, -0.2) is 60.3 Å². The number of nitriles is 1. The highest BCUT2D eigenvalue weighted by Gasteiger charge is 2.31.